The molecule has 0 spiro atoms. The monoisotopic (exact) mass is 220 g/mol. The van der Waals surface area contributed by atoms with Crippen molar-refractivity contribution in [3.8, 4) is 5.75 Å². The van der Waals surface area contributed by atoms with Gasteiger partial charge in [-0.15, -0.1) is 0 Å². The highest BCUT2D eigenvalue weighted by Gasteiger charge is 2.38. The van der Waals surface area contributed by atoms with Crippen LogP contribution in [0.4, 0.5) is 0 Å². The molecule has 1 saturated heterocycles. The lowest BCUT2D eigenvalue weighted by atomic mass is 9.91. The summed E-state index contributed by atoms with van der Waals surface area (Å²) in [6.45, 7) is 4.38. The summed E-state index contributed by atoms with van der Waals surface area (Å²) in [5.74, 6) is 0.898. The van der Waals surface area contributed by atoms with E-state index in [2.05, 4.69) is 13.8 Å². The molecule has 2 rings (SSSR count). The van der Waals surface area contributed by atoms with Gasteiger partial charge in [0.05, 0.1) is 12.2 Å². The largest absolute Gasteiger partial charge is 0.508 e. The molecule has 1 aromatic carbocycles. The van der Waals surface area contributed by atoms with Gasteiger partial charge in [-0.2, -0.15) is 0 Å². The SMILES string of the molecule is CCC(CC1OC1CC)c1ccc(O)cc1. The second kappa shape index (κ2) is 4.88. The standard InChI is InChI=1S/C14H20O2/c1-3-10(9-14-13(4-2)16-14)11-5-7-12(15)8-6-11/h5-8,10,13-15H,3-4,9H2,1-2H3. The number of epoxide rings is 1. The predicted molar refractivity (Wildman–Crippen MR) is 64.7 cm³/mol. The lowest BCUT2D eigenvalue weighted by Gasteiger charge is -2.14. The molecule has 2 nitrogen and oxygen atoms in total. The Bertz CT molecular complexity index is 331. The van der Waals surface area contributed by atoms with Gasteiger partial charge in [0.2, 0.25) is 0 Å². The molecule has 88 valence electrons. The number of phenolic OH excluding ortho intramolecular Hbond substituents is 1. The van der Waals surface area contributed by atoms with E-state index in [0.717, 1.165) is 19.3 Å². The van der Waals surface area contributed by atoms with E-state index >= 15 is 0 Å². The van der Waals surface area contributed by atoms with Crippen molar-refractivity contribution in [2.45, 2.75) is 51.2 Å². The van der Waals surface area contributed by atoms with E-state index in [1.54, 1.807) is 12.1 Å². The van der Waals surface area contributed by atoms with Crippen LogP contribution < -0.4 is 0 Å². The molecule has 16 heavy (non-hydrogen) atoms. The molecule has 1 aromatic rings. The zero-order chi connectivity index (χ0) is 11.5. The van der Waals surface area contributed by atoms with Crippen LogP contribution in [0.15, 0.2) is 24.3 Å². The molecule has 3 atom stereocenters. The molecule has 1 N–H and O–H groups in total. The minimum atomic E-state index is 0.340. The number of ether oxygens (including phenoxy) is 1. The summed E-state index contributed by atoms with van der Waals surface area (Å²) in [6.07, 6.45) is 4.31. The number of hydrogen-bond donors (Lipinski definition) is 1. The molecule has 0 saturated carbocycles. The lowest BCUT2D eigenvalue weighted by Crippen LogP contribution is -2.03. The maximum atomic E-state index is 9.26. The molecular weight excluding hydrogens is 200 g/mol. The molecule has 1 aliphatic rings. The Morgan fingerprint density at radius 1 is 1.19 bits per heavy atom. The van der Waals surface area contributed by atoms with Gasteiger partial charge in [0.15, 0.2) is 0 Å². The number of hydrogen-bond acceptors (Lipinski definition) is 2. The topological polar surface area (TPSA) is 32.8 Å². The number of aromatic hydroxyl groups is 1. The van der Waals surface area contributed by atoms with Crippen molar-refractivity contribution in [2.75, 3.05) is 0 Å². The summed E-state index contributed by atoms with van der Waals surface area (Å²) < 4.78 is 5.59. The van der Waals surface area contributed by atoms with Gasteiger partial charge >= 0.3 is 0 Å². The first-order valence-electron chi connectivity index (χ1n) is 6.19. The third kappa shape index (κ3) is 2.56. The lowest BCUT2D eigenvalue weighted by molar-refractivity contribution is 0.349. The molecule has 2 heteroatoms. The summed E-state index contributed by atoms with van der Waals surface area (Å²) in [7, 11) is 0. The summed E-state index contributed by atoms with van der Waals surface area (Å²) >= 11 is 0. The third-order valence-electron chi connectivity index (χ3n) is 3.46. The number of rotatable bonds is 5. The van der Waals surface area contributed by atoms with Gasteiger partial charge in [-0.25, -0.2) is 0 Å². The molecule has 1 fully saturated rings. The maximum absolute atomic E-state index is 9.26. The number of benzene rings is 1. The quantitative estimate of drug-likeness (QED) is 0.771. The van der Waals surface area contributed by atoms with Crippen LogP contribution in [-0.2, 0) is 4.74 Å². The molecule has 0 radical (unpaired) electrons. The Morgan fingerprint density at radius 2 is 1.88 bits per heavy atom. The summed E-state index contributed by atoms with van der Waals surface area (Å²) in [6, 6.07) is 7.58. The first kappa shape index (κ1) is 11.5. The van der Waals surface area contributed by atoms with Crippen molar-refractivity contribution in [3.63, 3.8) is 0 Å². The van der Waals surface area contributed by atoms with E-state index in [9.17, 15) is 5.11 Å². The highest BCUT2D eigenvalue weighted by atomic mass is 16.6. The van der Waals surface area contributed by atoms with E-state index < -0.39 is 0 Å². The van der Waals surface area contributed by atoms with Gasteiger partial charge in [0, 0.05) is 0 Å². The maximum Gasteiger partial charge on any atom is 0.115 e. The van der Waals surface area contributed by atoms with Crippen molar-refractivity contribution in [2.24, 2.45) is 0 Å². The van der Waals surface area contributed by atoms with Crippen LogP contribution in [0.3, 0.4) is 0 Å². The van der Waals surface area contributed by atoms with Crippen LogP contribution in [0.2, 0.25) is 0 Å². The fourth-order valence-electron chi connectivity index (χ4n) is 2.31. The van der Waals surface area contributed by atoms with Gasteiger partial charge in [-0.05, 0) is 42.9 Å². The molecule has 1 aliphatic heterocycles. The molecule has 0 bridgehead atoms. The van der Waals surface area contributed by atoms with Crippen LogP contribution in [0, 0.1) is 0 Å². The fourth-order valence-corrected chi connectivity index (χ4v) is 2.31. The van der Waals surface area contributed by atoms with Crippen molar-refractivity contribution in [1.29, 1.82) is 0 Å². The third-order valence-corrected chi connectivity index (χ3v) is 3.46. The van der Waals surface area contributed by atoms with Crippen LogP contribution >= 0.6 is 0 Å². The van der Waals surface area contributed by atoms with Crippen LogP contribution in [-0.4, -0.2) is 17.3 Å². The fraction of sp³-hybridized carbons (Fsp3) is 0.571. The van der Waals surface area contributed by atoms with E-state index in [1.807, 2.05) is 12.1 Å². The average Bonchev–Trinajstić information content (AvgIpc) is 3.06. The normalized spacial score (nSPS) is 25.4. The predicted octanol–water partition coefficient (Wildman–Crippen LogP) is 3.45. The van der Waals surface area contributed by atoms with Crippen LogP contribution in [0.5, 0.6) is 5.75 Å². The molecular formula is C14H20O2. The van der Waals surface area contributed by atoms with Gasteiger partial charge in [0.1, 0.15) is 5.75 Å². The van der Waals surface area contributed by atoms with Crippen molar-refractivity contribution in [1.82, 2.24) is 0 Å². The molecule has 0 amide bonds. The summed E-state index contributed by atoms with van der Waals surface area (Å²) in [4.78, 5) is 0. The van der Waals surface area contributed by atoms with Gasteiger partial charge in [-0.1, -0.05) is 26.0 Å². The van der Waals surface area contributed by atoms with Crippen molar-refractivity contribution in [3.05, 3.63) is 29.8 Å². The van der Waals surface area contributed by atoms with E-state index in [-0.39, 0.29) is 0 Å². The Morgan fingerprint density at radius 3 is 2.38 bits per heavy atom. The van der Waals surface area contributed by atoms with Crippen molar-refractivity contribution < 1.29 is 9.84 Å². The first-order chi connectivity index (χ1) is 7.74. The highest BCUT2D eigenvalue weighted by Crippen LogP contribution is 2.36. The van der Waals surface area contributed by atoms with Crippen LogP contribution in [0.25, 0.3) is 0 Å². The van der Waals surface area contributed by atoms with E-state index in [4.69, 9.17) is 4.74 Å². The Labute approximate surface area is 97.3 Å². The van der Waals surface area contributed by atoms with Gasteiger partial charge in [0.25, 0.3) is 0 Å². The zero-order valence-electron chi connectivity index (χ0n) is 10.0. The minimum Gasteiger partial charge on any atom is -0.508 e. The Kier molecular flexibility index (Phi) is 3.49. The van der Waals surface area contributed by atoms with E-state index in [0.29, 0.717) is 23.9 Å². The van der Waals surface area contributed by atoms with Gasteiger partial charge in [-0.3, -0.25) is 0 Å². The molecule has 3 unspecified atom stereocenters. The van der Waals surface area contributed by atoms with E-state index in [1.165, 1.54) is 5.56 Å². The van der Waals surface area contributed by atoms with Gasteiger partial charge < -0.3 is 9.84 Å². The number of phenols is 1. The Balaban J connectivity index is 1.97. The summed E-state index contributed by atoms with van der Waals surface area (Å²) in [5.41, 5.74) is 1.31. The van der Waals surface area contributed by atoms with Crippen molar-refractivity contribution >= 4 is 0 Å². The first-order valence-corrected chi connectivity index (χ1v) is 6.19. The molecule has 0 aromatic heterocycles. The second-order valence-electron chi connectivity index (χ2n) is 4.55. The Hall–Kier alpha value is -1.02. The summed E-state index contributed by atoms with van der Waals surface area (Å²) in [5, 5.41) is 9.26. The average molecular weight is 220 g/mol. The van der Waals surface area contributed by atoms with Crippen LogP contribution in [0.1, 0.15) is 44.6 Å². The second-order valence-corrected chi connectivity index (χ2v) is 4.55. The smallest absolute Gasteiger partial charge is 0.115 e. The minimum absolute atomic E-state index is 0.340. The molecule has 1 heterocycles. The molecule has 0 aliphatic carbocycles. The zero-order valence-corrected chi connectivity index (χ0v) is 10.0. The highest BCUT2D eigenvalue weighted by molar-refractivity contribution is 5.28.